The highest BCUT2D eigenvalue weighted by Gasteiger charge is 2.14. The largest absolute Gasteiger partial charge is 0.465 e. The maximum atomic E-state index is 11.8. The monoisotopic (exact) mass is 395 g/mol. The Balaban J connectivity index is 2.37. The molecule has 130 valence electrons. The fourth-order valence-electron chi connectivity index (χ4n) is 1.99. The molecule has 0 fully saturated rings. The Bertz CT molecular complexity index is 845. The smallest absolute Gasteiger partial charge is 0.339 e. The molecule has 0 spiro atoms. The highest BCUT2D eigenvalue weighted by Crippen LogP contribution is 2.28. The van der Waals surface area contributed by atoms with Crippen LogP contribution in [0.15, 0.2) is 39.7 Å². The highest BCUT2D eigenvalue weighted by atomic mass is 35.5. The van der Waals surface area contributed by atoms with E-state index in [-0.39, 0.29) is 11.5 Å². The molecule has 8 heteroatoms. The molecule has 1 heterocycles. The van der Waals surface area contributed by atoms with E-state index < -0.39 is 5.97 Å². The van der Waals surface area contributed by atoms with Crippen molar-refractivity contribution in [2.24, 2.45) is 0 Å². The Hall–Kier alpha value is -2.09. The van der Waals surface area contributed by atoms with E-state index in [4.69, 9.17) is 33.0 Å². The Kier molecular flexibility index (Phi) is 6.81. The summed E-state index contributed by atoms with van der Waals surface area (Å²) in [5.41, 5.74) is 0.908. The summed E-state index contributed by atoms with van der Waals surface area (Å²) < 4.78 is 11.8. The van der Waals surface area contributed by atoms with Crippen LogP contribution in [0.25, 0.3) is 17.4 Å². The molecule has 0 bridgehead atoms. The van der Waals surface area contributed by atoms with E-state index >= 15 is 0 Å². The molecule has 0 saturated carbocycles. The summed E-state index contributed by atoms with van der Waals surface area (Å²) in [5, 5.41) is 2.83. The molecule has 25 heavy (non-hydrogen) atoms. The van der Waals surface area contributed by atoms with Gasteiger partial charge >= 0.3 is 5.97 Å². The number of ether oxygens (including phenoxy) is 1. The number of carbonyl (C=O) groups is 2. The van der Waals surface area contributed by atoms with Crippen LogP contribution >= 0.6 is 35.6 Å². The van der Waals surface area contributed by atoms with Gasteiger partial charge in [0.05, 0.1) is 22.6 Å². The van der Waals surface area contributed by atoms with Crippen molar-refractivity contribution < 1.29 is 18.7 Å². The predicted octanol–water partition coefficient (Wildman–Crippen LogP) is 4.16. The molecule has 0 aliphatic carbocycles. The fourth-order valence-corrected chi connectivity index (χ4v) is 2.99. The minimum absolute atomic E-state index is 0.248. The van der Waals surface area contributed by atoms with Gasteiger partial charge in [-0.3, -0.25) is 4.79 Å². The molecule has 0 radical (unpaired) electrons. The zero-order chi connectivity index (χ0) is 18.4. The normalized spacial score (nSPS) is 11.1. The fraction of sp³-hybridized carbons (Fsp3) is 0.118. The Morgan fingerprint density at radius 3 is 2.72 bits per heavy atom. The van der Waals surface area contributed by atoms with Gasteiger partial charge in [-0.15, -0.1) is 0 Å². The SMILES string of the molecule is CNC(=O)/C(=C/c1ccc(-c2ccc(Cl)c(C(=O)OC)c2)o1)SC=S. The first kappa shape index (κ1) is 19.2. The van der Waals surface area contributed by atoms with Crippen molar-refractivity contribution >= 4 is 58.2 Å². The number of carbonyl (C=O) groups excluding carboxylic acids is 2. The van der Waals surface area contributed by atoms with Crippen molar-refractivity contribution in [3.63, 3.8) is 0 Å². The predicted molar refractivity (Wildman–Crippen MR) is 104 cm³/mol. The summed E-state index contributed by atoms with van der Waals surface area (Å²) in [6.45, 7) is 0. The number of likely N-dealkylation sites (N-methyl/N-ethyl adjacent to an activating group) is 1. The van der Waals surface area contributed by atoms with Crippen LogP contribution in [-0.4, -0.2) is 30.7 Å². The summed E-state index contributed by atoms with van der Waals surface area (Å²) in [4.78, 5) is 23.9. The molecular weight excluding hydrogens is 382 g/mol. The topological polar surface area (TPSA) is 68.5 Å². The number of hydrogen-bond acceptors (Lipinski definition) is 6. The van der Waals surface area contributed by atoms with Gasteiger partial charge < -0.3 is 14.5 Å². The van der Waals surface area contributed by atoms with Gasteiger partial charge in [-0.1, -0.05) is 35.6 Å². The third kappa shape index (κ3) is 4.72. The second-order valence-corrected chi connectivity index (χ2v) is 6.54. The van der Waals surface area contributed by atoms with Gasteiger partial charge in [0, 0.05) is 23.4 Å². The zero-order valence-electron chi connectivity index (χ0n) is 13.4. The average molecular weight is 396 g/mol. The van der Waals surface area contributed by atoms with Crippen LogP contribution in [0.2, 0.25) is 5.02 Å². The van der Waals surface area contributed by atoms with Crippen LogP contribution in [0.4, 0.5) is 0 Å². The molecule has 0 saturated heterocycles. The van der Waals surface area contributed by atoms with E-state index in [0.29, 0.717) is 27.0 Å². The average Bonchev–Trinajstić information content (AvgIpc) is 3.09. The quantitative estimate of drug-likeness (QED) is 0.450. The van der Waals surface area contributed by atoms with Gasteiger partial charge in [-0.2, -0.15) is 0 Å². The number of rotatable bonds is 6. The number of thioether (sulfide) groups is 1. The lowest BCUT2D eigenvalue weighted by Crippen LogP contribution is -2.18. The second-order valence-electron chi connectivity index (χ2n) is 4.69. The Morgan fingerprint density at radius 1 is 1.32 bits per heavy atom. The van der Waals surface area contributed by atoms with Crippen LogP contribution in [0.1, 0.15) is 16.1 Å². The van der Waals surface area contributed by atoms with Crippen molar-refractivity contribution in [1.29, 1.82) is 0 Å². The number of benzene rings is 1. The van der Waals surface area contributed by atoms with Crippen LogP contribution in [-0.2, 0) is 9.53 Å². The summed E-state index contributed by atoms with van der Waals surface area (Å²) in [6, 6.07) is 8.37. The minimum Gasteiger partial charge on any atom is -0.465 e. The Morgan fingerprint density at radius 2 is 2.08 bits per heavy atom. The van der Waals surface area contributed by atoms with Crippen molar-refractivity contribution in [3.05, 3.63) is 51.6 Å². The van der Waals surface area contributed by atoms with Gasteiger partial charge in [0.15, 0.2) is 0 Å². The second kappa shape index (κ2) is 8.84. The van der Waals surface area contributed by atoms with E-state index in [1.807, 2.05) is 0 Å². The summed E-state index contributed by atoms with van der Waals surface area (Å²) in [5.74, 6) is 0.213. The molecule has 1 N–H and O–H groups in total. The first-order valence-corrected chi connectivity index (χ1v) is 8.75. The summed E-state index contributed by atoms with van der Waals surface area (Å²) in [7, 11) is 2.82. The van der Waals surface area contributed by atoms with Crippen LogP contribution < -0.4 is 5.32 Å². The van der Waals surface area contributed by atoms with Crippen molar-refractivity contribution in [1.82, 2.24) is 5.32 Å². The number of esters is 1. The number of hydrogen-bond donors (Lipinski definition) is 1. The zero-order valence-corrected chi connectivity index (χ0v) is 15.8. The van der Waals surface area contributed by atoms with E-state index in [9.17, 15) is 9.59 Å². The molecule has 1 aromatic carbocycles. The van der Waals surface area contributed by atoms with Gasteiger partial charge in [0.25, 0.3) is 5.91 Å². The van der Waals surface area contributed by atoms with Crippen molar-refractivity contribution in [2.45, 2.75) is 0 Å². The lowest BCUT2D eigenvalue weighted by molar-refractivity contribution is -0.116. The molecule has 2 rings (SSSR count). The number of methoxy groups -OCH3 is 1. The summed E-state index contributed by atoms with van der Waals surface area (Å²) in [6.07, 6.45) is 1.59. The number of nitrogens with one attached hydrogen (secondary N) is 1. The maximum Gasteiger partial charge on any atom is 0.339 e. The third-order valence-corrected chi connectivity index (χ3v) is 4.45. The molecule has 0 aliphatic heterocycles. The number of amides is 1. The molecule has 5 nitrogen and oxygen atoms in total. The van der Waals surface area contributed by atoms with Gasteiger partial charge in [-0.25, -0.2) is 4.79 Å². The van der Waals surface area contributed by atoms with Gasteiger partial charge in [0.2, 0.25) is 0 Å². The van der Waals surface area contributed by atoms with E-state index in [1.165, 1.54) is 18.9 Å². The highest BCUT2D eigenvalue weighted by molar-refractivity contribution is 8.24. The maximum absolute atomic E-state index is 11.8. The number of thiocarbonyl (C=S) groups is 1. The number of furan rings is 1. The first-order chi connectivity index (χ1) is 12.0. The molecule has 0 aliphatic rings. The van der Waals surface area contributed by atoms with Gasteiger partial charge in [-0.05, 0) is 30.3 Å². The van der Waals surface area contributed by atoms with Crippen molar-refractivity contribution in [3.8, 4) is 11.3 Å². The van der Waals surface area contributed by atoms with Crippen LogP contribution in [0.3, 0.4) is 0 Å². The molecule has 1 amide bonds. The van der Waals surface area contributed by atoms with Crippen LogP contribution in [0.5, 0.6) is 0 Å². The first-order valence-electron chi connectivity index (χ1n) is 7.02. The van der Waals surface area contributed by atoms with Crippen LogP contribution in [0, 0.1) is 0 Å². The Labute approximate surface area is 159 Å². The standard InChI is InChI=1S/C17H14ClNO4S2/c1-19-16(20)15(25-9-24)8-11-4-6-14(23-11)10-3-5-13(18)12(7-10)17(21)22-2/h3-9H,1-2H3,(H,19,20)/b15-8-. The van der Waals surface area contributed by atoms with Crippen molar-refractivity contribution in [2.75, 3.05) is 14.2 Å². The van der Waals surface area contributed by atoms with E-state index in [1.54, 1.807) is 36.4 Å². The molecule has 2 aromatic rings. The third-order valence-electron chi connectivity index (χ3n) is 3.18. The summed E-state index contributed by atoms with van der Waals surface area (Å²) >= 11 is 11.9. The minimum atomic E-state index is -0.530. The van der Waals surface area contributed by atoms with E-state index in [2.05, 4.69) is 5.32 Å². The molecule has 1 aromatic heterocycles. The lowest BCUT2D eigenvalue weighted by atomic mass is 10.1. The molecule has 0 unspecified atom stereocenters. The lowest BCUT2D eigenvalue weighted by Gasteiger charge is -2.04. The molecule has 0 atom stereocenters. The van der Waals surface area contributed by atoms with E-state index in [0.717, 1.165) is 11.8 Å². The molecular formula is C17H14ClNO4S2. The van der Waals surface area contributed by atoms with Gasteiger partial charge in [0.1, 0.15) is 11.5 Å². The number of halogens is 1.